The van der Waals surface area contributed by atoms with Gasteiger partial charge in [0.2, 0.25) is 0 Å². The van der Waals surface area contributed by atoms with Crippen LogP contribution in [0.4, 0.5) is 0 Å². The summed E-state index contributed by atoms with van der Waals surface area (Å²) in [6.07, 6.45) is -0.650. The van der Waals surface area contributed by atoms with E-state index in [1.807, 2.05) is 13.0 Å². The lowest BCUT2D eigenvalue weighted by molar-refractivity contribution is 0.188. The second-order valence-electron chi connectivity index (χ2n) is 3.71. The summed E-state index contributed by atoms with van der Waals surface area (Å²) in [5.74, 6) is 1.40. The van der Waals surface area contributed by atoms with Gasteiger partial charge in [-0.1, -0.05) is 0 Å². The Morgan fingerprint density at radius 1 is 1.19 bits per heavy atom. The first-order chi connectivity index (χ1) is 7.51. The summed E-state index contributed by atoms with van der Waals surface area (Å²) in [5, 5.41) is 8.99. The van der Waals surface area contributed by atoms with Crippen molar-refractivity contribution < 1.29 is 14.6 Å². The maximum Gasteiger partial charge on any atom is 0.124 e. The molecule has 0 spiro atoms. The van der Waals surface area contributed by atoms with E-state index in [1.165, 1.54) is 0 Å². The lowest BCUT2D eigenvalue weighted by Crippen LogP contribution is -2.10. The highest BCUT2D eigenvalue weighted by molar-refractivity contribution is 6.21. The third-order valence-electron chi connectivity index (χ3n) is 2.47. The van der Waals surface area contributed by atoms with Crippen molar-refractivity contribution >= 4 is 11.6 Å². The molecular weight excluding hydrogens is 228 g/mol. The van der Waals surface area contributed by atoms with Gasteiger partial charge in [0, 0.05) is 5.56 Å². The number of hydrogen-bond donors (Lipinski definition) is 1. The average Bonchev–Trinajstić information content (AvgIpc) is 2.27. The fraction of sp³-hybridized carbons (Fsp3) is 0.500. The summed E-state index contributed by atoms with van der Waals surface area (Å²) >= 11 is 6.12. The van der Waals surface area contributed by atoms with Gasteiger partial charge in [-0.3, -0.25) is 0 Å². The van der Waals surface area contributed by atoms with E-state index < -0.39 is 11.5 Å². The van der Waals surface area contributed by atoms with Crippen molar-refractivity contribution in [3.8, 4) is 11.5 Å². The van der Waals surface area contributed by atoms with Crippen LogP contribution in [0, 0.1) is 6.92 Å². The zero-order chi connectivity index (χ0) is 12.3. The molecule has 0 aliphatic heterocycles. The standard InChI is InChI=1S/C12H17ClO3/c1-7-5-11(16-4)9(6-10(7)15-3)12(13)8(2)14/h5-6,8,12,14H,1-4H3. The van der Waals surface area contributed by atoms with Gasteiger partial charge >= 0.3 is 0 Å². The molecule has 0 radical (unpaired) electrons. The van der Waals surface area contributed by atoms with Gasteiger partial charge in [-0.25, -0.2) is 0 Å². The second-order valence-corrected chi connectivity index (χ2v) is 4.18. The van der Waals surface area contributed by atoms with Crippen molar-refractivity contribution in [1.29, 1.82) is 0 Å². The van der Waals surface area contributed by atoms with Crippen LogP contribution in [0.1, 0.15) is 23.4 Å². The third-order valence-corrected chi connectivity index (χ3v) is 3.07. The van der Waals surface area contributed by atoms with Crippen LogP contribution in [-0.2, 0) is 0 Å². The number of ether oxygens (including phenoxy) is 2. The van der Waals surface area contributed by atoms with E-state index in [2.05, 4.69) is 0 Å². The molecule has 0 saturated carbocycles. The number of methoxy groups -OCH3 is 2. The maximum absolute atomic E-state index is 9.50. The Morgan fingerprint density at radius 2 is 1.75 bits per heavy atom. The van der Waals surface area contributed by atoms with Crippen LogP contribution in [0.3, 0.4) is 0 Å². The molecule has 0 aliphatic carbocycles. The molecule has 1 rings (SSSR count). The molecule has 0 aromatic heterocycles. The molecule has 3 nitrogen and oxygen atoms in total. The molecule has 2 atom stereocenters. The molecule has 2 unspecified atom stereocenters. The highest BCUT2D eigenvalue weighted by atomic mass is 35.5. The van der Waals surface area contributed by atoms with Crippen LogP contribution in [0.15, 0.2) is 12.1 Å². The summed E-state index contributed by atoms with van der Waals surface area (Å²) in [4.78, 5) is 0. The minimum atomic E-state index is -0.650. The molecular formula is C12H17ClO3. The van der Waals surface area contributed by atoms with Crippen LogP contribution < -0.4 is 9.47 Å². The predicted molar refractivity (Wildman–Crippen MR) is 64.6 cm³/mol. The predicted octanol–water partition coefficient (Wildman–Crippen LogP) is 2.67. The molecule has 0 saturated heterocycles. The molecule has 4 heteroatoms. The lowest BCUT2D eigenvalue weighted by atomic mass is 10.0. The molecule has 1 aromatic carbocycles. The zero-order valence-corrected chi connectivity index (χ0v) is 10.7. The molecule has 0 amide bonds. The van der Waals surface area contributed by atoms with Crippen molar-refractivity contribution in [2.24, 2.45) is 0 Å². The molecule has 1 aromatic rings. The van der Waals surface area contributed by atoms with Crippen LogP contribution in [0.5, 0.6) is 11.5 Å². The van der Waals surface area contributed by atoms with E-state index >= 15 is 0 Å². The van der Waals surface area contributed by atoms with Crippen molar-refractivity contribution in [1.82, 2.24) is 0 Å². The summed E-state index contributed by atoms with van der Waals surface area (Å²) in [7, 11) is 3.18. The largest absolute Gasteiger partial charge is 0.496 e. The molecule has 1 N–H and O–H groups in total. The summed E-state index contributed by atoms with van der Waals surface area (Å²) < 4.78 is 10.5. The molecule has 0 aliphatic rings. The van der Waals surface area contributed by atoms with Gasteiger partial charge in [0.15, 0.2) is 0 Å². The van der Waals surface area contributed by atoms with E-state index in [0.717, 1.165) is 16.9 Å². The zero-order valence-electron chi connectivity index (χ0n) is 9.95. The Morgan fingerprint density at radius 3 is 2.19 bits per heavy atom. The van der Waals surface area contributed by atoms with E-state index in [9.17, 15) is 5.11 Å². The minimum absolute atomic E-state index is 0.510. The Balaban J connectivity index is 3.24. The van der Waals surface area contributed by atoms with Gasteiger partial charge in [0.05, 0.1) is 25.7 Å². The van der Waals surface area contributed by atoms with Crippen LogP contribution in [-0.4, -0.2) is 25.4 Å². The first-order valence-electron chi connectivity index (χ1n) is 5.06. The van der Waals surface area contributed by atoms with Gasteiger partial charge in [0.25, 0.3) is 0 Å². The first kappa shape index (κ1) is 13.1. The number of benzene rings is 1. The van der Waals surface area contributed by atoms with Crippen molar-refractivity contribution in [3.05, 3.63) is 23.3 Å². The molecule has 90 valence electrons. The number of halogens is 1. The van der Waals surface area contributed by atoms with Gasteiger partial charge in [-0.05, 0) is 31.5 Å². The number of hydrogen-bond acceptors (Lipinski definition) is 3. The van der Waals surface area contributed by atoms with Crippen LogP contribution in [0.25, 0.3) is 0 Å². The average molecular weight is 245 g/mol. The lowest BCUT2D eigenvalue weighted by Gasteiger charge is -2.18. The fourth-order valence-electron chi connectivity index (χ4n) is 1.55. The van der Waals surface area contributed by atoms with Gasteiger partial charge < -0.3 is 14.6 Å². The fourth-order valence-corrected chi connectivity index (χ4v) is 1.72. The Bertz CT molecular complexity index is 364. The number of aliphatic hydroxyl groups excluding tert-OH is 1. The Hall–Kier alpha value is -0.930. The van der Waals surface area contributed by atoms with Gasteiger partial charge in [-0.2, -0.15) is 0 Å². The van der Waals surface area contributed by atoms with Crippen LogP contribution in [0.2, 0.25) is 0 Å². The summed E-state index contributed by atoms with van der Waals surface area (Å²) in [6, 6.07) is 3.66. The number of aliphatic hydroxyl groups is 1. The molecule has 16 heavy (non-hydrogen) atoms. The highest BCUT2D eigenvalue weighted by Crippen LogP contribution is 2.36. The number of alkyl halides is 1. The quantitative estimate of drug-likeness (QED) is 0.828. The SMILES string of the molecule is COc1cc(C(Cl)C(C)O)c(OC)cc1C. The first-order valence-corrected chi connectivity index (χ1v) is 5.49. The normalized spacial score (nSPS) is 14.4. The molecule has 0 heterocycles. The highest BCUT2D eigenvalue weighted by Gasteiger charge is 2.20. The Labute approximate surface area is 101 Å². The third kappa shape index (κ3) is 2.60. The van der Waals surface area contributed by atoms with Crippen LogP contribution >= 0.6 is 11.6 Å². The summed E-state index contributed by atoms with van der Waals surface area (Å²) in [5.41, 5.74) is 1.71. The molecule has 0 fully saturated rings. The summed E-state index contributed by atoms with van der Waals surface area (Å²) in [6.45, 7) is 3.57. The van der Waals surface area contributed by atoms with E-state index in [0.29, 0.717) is 5.75 Å². The maximum atomic E-state index is 9.50. The van der Waals surface area contributed by atoms with Crippen molar-refractivity contribution in [2.75, 3.05) is 14.2 Å². The smallest absolute Gasteiger partial charge is 0.124 e. The van der Waals surface area contributed by atoms with Gasteiger partial charge in [0.1, 0.15) is 11.5 Å². The molecule has 0 bridgehead atoms. The minimum Gasteiger partial charge on any atom is -0.496 e. The number of aryl methyl sites for hydroxylation is 1. The van der Waals surface area contributed by atoms with Crippen molar-refractivity contribution in [2.45, 2.75) is 25.3 Å². The van der Waals surface area contributed by atoms with E-state index in [1.54, 1.807) is 27.2 Å². The monoisotopic (exact) mass is 244 g/mol. The van der Waals surface area contributed by atoms with Gasteiger partial charge in [-0.15, -0.1) is 11.6 Å². The topological polar surface area (TPSA) is 38.7 Å². The van der Waals surface area contributed by atoms with E-state index in [-0.39, 0.29) is 0 Å². The van der Waals surface area contributed by atoms with E-state index in [4.69, 9.17) is 21.1 Å². The Kier molecular flexibility index (Phi) is 4.44. The second kappa shape index (κ2) is 5.41. The number of rotatable bonds is 4. The van der Waals surface area contributed by atoms with Crippen molar-refractivity contribution in [3.63, 3.8) is 0 Å².